The second-order valence-electron chi connectivity index (χ2n) is 3.81. The molecule has 104 valence electrons. The van der Waals surface area contributed by atoms with Gasteiger partial charge in [-0.1, -0.05) is 11.6 Å². The van der Waals surface area contributed by atoms with Crippen molar-refractivity contribution in [2.45, 2.75) is 13.5 Å². The van der Waals surface area contributed by atoms with Gasteiger partial charge in [-0.2, -0.15) is 0 Å². The highest BCUT2D eigenvalue weighted by Gasteiger charge is 2.19. The van der Waals surface area contributed by atoms with Crippen molar-refractivity contribution in [3.8, 4) is 0 Å². The predicted octanol–water partition coefficient (Wildman–Crippen LogP) is 2.11. The van der Waals surface area contributed by atoms with Gasteiger partial charge < -0.3 is 9.88 Å². The molecule has 0 bridgehead atoms. The first-order valence-electron chi connectivity index (χ1n) is 5.64. The van der Waals surface area contributed by atoms with Crippen LogP contribution in [0.4, 0.5) is 11.5 Å². The first-order valence-corrected chi connectivity index (χ1v) is 6.02. The number of carbonyl (C=O) groups excluding carboxylic acids is 1. The third-order valence-electron chi connectivity index (χ3n) is 2.51. The summed E-state index contributed by atoms with van der Waals surface area (Å²) < 4.78 is 1.48. The Bertz CT molecular complexity index is 670. The molecular formula is C11H10ClN5O3. The van der Waals surface area contributed by atoms with Gasteiger partial charge in [0.2, 0.25) is 0 Å². The van der Waals surface area contributed by atoms with Gasteiger partial charge in [-0.3, -0.25) is 19.9 Å². The molecule has 0 saturated heterocycles. The quantitative estimate of drug-likeness (QED) is 0.687. The zero-order valence-corrected chi connectivity index (χ0v) is 11.2. The Labute approximate surface area is 118 Å². The van der Waals surface area contributed by atoms with Crippen LogP contribution in [0.5, 0.6) is 0 Å². The highest BCUT2D eigenvalue weighted by molar-refractivity contribution is 6.29. The van der Waals surface area contributed by atoms with Gasteiger partial charge in [0.1, 0.15) is 10.8 Å². The van der Waals surface area contributed by atoms with Crippen molar-refractivity contribution >= 4 is 29.0 Å². The maximum atomic E-state index is 12.1. The van der Waals surface area contributed by atoms with Gasteiger partial charge >= 0.3 is 0 Å². The van der Waals surface area contributed by atoms with Crippen molar-refractivity contribution in [3.05, 3.63) is 45.6 Å². The van der Waals surface area contributed by atoms with Crippen molar-refractivity contribution in [1.82, 2.24) is 14.5 Å². The van der Waals surface area contributed by atoms with Gasteiger partial charge in [-0.05, 0) is 6.92 Å². The summed E-state index contributed by atoms with van der Waals surface area (Å²) in [4.78, 5) is 29.9. The molecule has 0 radical (unpaired) electrons. The molecule has 2 rings (SSSR count). The van der Waals surface area contributed by atoms with Crippen LogP contribution in [0.15, 0.2) is 24.7 Å². The maximum absolute atomic E-state index is 12.1. The summed E-state index contributed by atoms with van der Waals surface area (Å²) in [6.07, 6.45) is 3.97. The lowest BCUT2D eigenvalue weighted by atomic mass is 10.3. The molecule has 0 unspecified atom stereocenters. The van der Waals surface area contributed by atoms with E-state index in [2.05, 4.69) is 15.3 Å². The lowest BCUT2D eigenvalue weighted by molar-refractivity contribution is -0.384. The number of hydrogen-bond donors (Lipinski definition) is 1. The Morgan fingerprint density at radius 2 is 2.30 bits per heavy atom. The Hall–Kier alpha value is -2.48. The number of halogens is 1. The van der Waals surface area contributed by atoms with E-state index in [1.807, 2.05) is 0 Å². The molecule has 8 nitrogen and oxygen atoms in total. The molecule has 2 aromatic heterocycles. The second-order valence-corrected chi connectivity index (χ2v) is 4.20. The molecule has 0 aliphatic carbocycles. The topological polar surface area (TPSA) is 103 Å². The summed E-state index contributed by atoms with van der Waals surface area (Å²) in [7, 11) is 0. The number of nitrogens with one attached hydrogen (secondary N) is 1. The number of anilines is 1. The van der Waals surface area contributed by atoms with Crippen LogP contribution < -0.4 is 5.32 Å². The second kappa shape index (κ2) is 5.66. The van der Waals surface area contributed by atoms with Gasteiger partial charge in [-0.15, -0.1) is 0 Å². The summed E-state index contributed by atoms with van der Waals surface area (Å²) in [6.45, 7) is 2.21. The number of carbonyl (C=O) groups is 1. The van der Waals surface area contributed by atoms with Crippen LogP contribution in [0.1, 0.15) is 17.4 Å². The third-order valence-corrected chi connectivity index (χ3v) is 2.70. The molecule has 1 amide bonds. The number of aryl methyl sites for hydroxylation is 1. The van der Waals surface area contributed by atoms with Gasteiger partial charge in [0.15, 0.2) is 5.82 Å². The SMILES string of the molecule is CCn1cc([N+](=O)[O-])cc1C(=O)Nc1cncc(Cl)n1. The fourth-order valence-corrected chi connectivity index (χ4v) is 1.78. The lowest BCUT2D eigenvalue weighted by Gasteiger charge is -2.06. The molecule has 2 heterocycles. The molecule has 2 aromatic rings. The highest BCUT2D eigenvalue weighted by atomic mass is 35.5. The third kappa shape index (κ3) is 2.91. The zero-order chi connectivity index (χ0) is 14.7. The van der Waals surface area contributed by atoms with Crippen LogP contribution in [0.3, 0.4) is 0 Å². The molecule has 9 heteroatoms. The molecular weight excluding hydrogens is 286 g/mol. The van der Waals surface area contributed by atoms with Crippen LogP contribution in [0.2, 0.25) is 5.15 Å². The summed E-state index contributed by atoms with van der Waals surface area (Å²) in [6, 6.07) is 1.21. The van der Waals surface area contributed by atoms with Crippen molar-refractivity contribution in [2.24, 2.45) is 0 Å². The van der Waals surface area contributed by atoms with E-state index < -0.39 is 10.8 Å². The summed E-state index contributed by atoms with van der Waals surface area (Å²) in [5, 5.41) is 13.4. The van der Waals surface area contributed by atoms with E-state index in [9.17, 15) is 14.9 Å². The average Bonchev–Trinajstić information content (AvgIpc) is 2.83. The minimum absolute atomic E-state index is 0.139. The molecule has 0 aromatic carbocycles. The number of rotatable bonds is 4. The fraction of sp³-hybridized carbons (Fsp3) is 0.182. The Kier molecular flexibility index (Phi) is 3.94. The van der Waals surface area contributed by atoms with Crippen molar-refractivity contribution in [1.29, 1.82) is 0 Å². The molecule has 1 N–H and O–H groups in total. The molecule has 0 fully saturated rings. The lowest BCUT2D eigenvalue weighted by Crippen LogP contribution is -2.17. The molecule has 0 spiro atoms. The average molecular weight is 296 g/mol. The monoisotopic (exact) mass is 295 g/mol. The highest BCUT2D eigenvalue weighted by Crippen LogP contribution is 2.17. The van der Waals surface area contributed by atoms with E-state index in [0.717, 1.165) is 0 Å². The van der Waals surface area contributed by atoms with Gasteiger partial charge in [0.05, 0.1) is 23.5 Å². The van der Waals surface area contributed by atoms with Crippen molar-refractivity contribution in [3.63, 3.8) is 0 Å². The maximum Gasteiger partial charge on any atom is 0.287 e. The van der Waals surface area contributed by atoms with E-state index in [4.69, 9.17) is 11.6 Å². The number of nitro groups is 1. The number of nitrogens with zero attached hydrogens (tertiary/aromatic N) is 4. The predicted molar refractivity (Wildman–Crippen MR) is 71.8 cm³/mol. The zero-order valence-electron chi connectivity index (χ0n) is 10.4. The van der Waals surface area contributed by atoms with Crippen molar-refractivity contribution < 1.29 is 9.72 Å². The fourth-order valence-electron chi connectivity index (χ4n) is 1.63. The summed E-state index contributed by atoms with van der Waals surface area (Å²) >= 11 is 5.66. The number of amides is 1. The smallest absolute Gasteiger partial charge is 0.287 e. The first kappa shape index (κ1) is 13.9. The van der Waals surface area contributed by atoms with E-state index in [-0.39, 0.29) is 22.4 Å². The van der Waals surface area contributed by atoms with E-state index in [1.54, 1.807) is 6.92 Å². The van der Waals surface area contributed by atoms with E-state index >= 15 is 0 Å². The minimum atomic E-state index is -0.553. The summed E-state index contributed by atoms with van der Waals surface area (Å²) in [5.41, 5.74) is 0.0233. The number of hydrogen-bond acceptors (Lipinski definition) is 5. The van der Waals surface area contributed by atoms with Crippen molar-refractivity contribution in [2.75, 3.05) is 5.32 Å². The van der Waals surface area contributed by atoms with Crippen LogP contribution in [-0.4, -0.2) is 25.4 Å². The van der Waals surface area contributed by atoms with E-state index in [1.165, 1.54) is 29.2 Å². The van der Waals surface area contributed by atoms with Gasteiger partial charge in [0.25, 0.3) is 11.6 Å². The van der Waals surface area contributed by atoms with Crippen LogP contribution in [0, 0.1) is 10.1 Å². The van der Waals surface area contributed by atoms with Gasteiger partial charge in [0, 0.05) is 12.6 Å². The largest absolute Gasteiger partial charge is 0.337 e. The van der Waals surface area contributed by atoms with Crippen LogP contribution in [0.25, 0.3) is 0 Å². The number of aromatic nitrogens is 3. The molecule has 0 aliphatic rings. The first-order chi connectivity index (χ1) is 9.51. The van der Waals surface area contributed by atoms with Gasteiger partial charge in [-0.25, -0.2) is 4.98 Å². The standard InChI is InChI=1S/C11H10ClN5O3/c1-2-16-6-7(17(19)20)3-8(16)11(18)15-10-5-13-4-9(12)14-10/h3-6H,2H2,1H3,(H,14,15,18). The molecule has 20 heavy (non-hydrogen) atoms. The van der Waals surface area contributed by atoms with Crippen LogP contribution in [-0.2, 0) is 6.54 Å². The minimum Gasteiger partial charge on any atom is -0.337 e. The van der Waals surface area contributed by atoms with E-state index in [0.29, 0.717) is 6.54 Å². The molecule has 0 aliphatic heterocycles. The normalized spacial score (nSPS) is 10.3. The molecule has 0 atom stereocenters. The Morgan fingerprint density at radius 3 is 2.90 bits per heavy atom. The molecule has 0 saturated carbocycles. The summed E-state index contributed by atoms with van der Waals surface area (Å²) in [5.74, 6) is -0.342. The van der Waals surface area contributed by atoms with Crippen LogP contribution >= 0.6 is 11.6 Å². The Morgan fingerprint density at radius 1 is 1.55 bits per heavy atom. The Balaban J connectivity index is 2.27.